The number of sulfone groups is 1. The van der Waals surface area contributed by atoms with Gasteiger partial charge in [0, 0.05) is 6.54 Å². The van der Waals surface area contributed by atoms with E-state index in [2.05, 4.69) is 4.98 Å². The first-order valence-electron chi connectivity index (χ1n) is 10.7. The topological polar surface area (TPSA) is 95.1 Å². The molecule has 168 valence electrons. The lowest BCUT2D eigenvalue weighted by Crippen LogP contribution is -2.18. The van der Waals surface area contributed by atoms with Gasteiger partial charge >= 0.3 is 0 Å². The molecule has 1 heterocycles. The molecule has 0 aliphatic heterocycles. The third-order valence-electron chi connectivity index (χ3n) is 5.71. The van der Waals surface area contributed by atoms with E-state index in [4.69, 9.17) is 5.73 Å². The van der Waals surface area contributed by atoms with Crippen LogP contribution in [0.4, 0.5) is 0 Å². The lowest BCUT2D eigenvalue weighted by atomic mass is 10.0. The molecule has 7 heteroatoms. The molecule has 1 amide bonds. The number of nitrogens with two attached hydrogens (primary N) is 1. The zero-order valence-corrected chi connectivity index (χ0v) is 18.9. The van der Waals surface area contributed by atoms with Crippen LogP contribution in [0.25, 0.3) is 22.2 Å². The smallest absolute Gasteiger partial charge is 0.284 e. The van der Waals surface area contributed by atoms with E-state index in [1.165, 1.54) is 6.07 Å². The maximum absolute atomic E-state index is 13.1. The van der Waals surface area contributed by atoms with E-state index >= 15 is 0 Å². The first kappa shape index (κ1) is 21.6. The summed E-state index contributed by atoms with van der Waals surface area (Å²) in [5.74, 6) is -0.596. The van der Waals surface area contributed by atoms with Gasteiger partial charge in [-0.15, -0.1) is 0 Å². The summed E-state index contributed by atoms with van der Waals surface area (Å²) in [6.07, 6.45) is 0. The molecule has 0 bridgehead atoms. The van der Waals surface area contributed by atoms with Crippen molar-refractivity contribution < 1.29 is 13.2 Å². The minimum absolute atomic E-state index is 0.0800. The number of rotatable bonds is 6. The first-order chi connectivity index (χ1) is 16.4. The van der Waals surface area contributed by atoms with Crippen LogP contribution in [-0.2, 0) is 16.4 Å². The van der Waals surface area contributed by atoms with Crippen molar-refractivity contribution in [2.75, 3.05) is 0 Å². The van der Waals surface area contributed by atoms with Gasteiger partial charge < -0.3 is 10.3 Å². The van der Waals surface area contributed by atoms with E-state index in [1.807, 2.05) is 54.6 Å². The van der Waals surface area contributed by atoms with E-state index in [0.717, 1.165) is 16.7 Å². The van der Waals surface area contributed by atoms with Crippen molar-refractivity contribution in [1.29, 1.82) is 0 Å². The highest BCUT2D eigenvalue weighted by molar-refractivity contribution is 7.91. The second-order valence-corrected chi connectivity index (χ2v) is 9.87. The Bertz CT molecular complexity index is 1590. The highest BCUT2D eigenvalue weighted by Crippen LogP contribution is 2.27. The molecular weight excluding hydrogens is 446 g/mol. The highest BCUT2D eigenvalue weighted by Gasteiger charge is 2.21. The van der Waals surface area contributed by atoms with Crippen molar-refractivity contribution in [2.24, 2.45) is 5.73 Å². The number of hydrogen-bond acceptors (Lipinski definition) is 4. The van der Waals surface area contributed by atoms with Crippen LogP contribution in [0.5, 0.6) is 0 Å². The minimum Gasteiger partial charge on any atom is -0.363 e. The summed E-state index contributed by atoms with van der Waals surface area (Å²) in [7, 11) is -3.72. The van der Waals surface area contributed by atoms with Gasteiger partial charge in [0.1, 0.15) is 0 Å². The van der Waals surface area contributed by atoms with Gasteiger partial charge in [-0.2, -0.15) is 0 Å². The van der Waals surface area contributed by atoms with E-state index < -0.39 is 15.7 Å². The molecule has 5 aromatic rings. The molecule has 1 aromatic heterocycles. The zero-order chi connectivity index (χ0) is 23.7. The molecule has 0 atom stereocenters. The van der Waals surface area contributed by atoms with E-state index in [0.29, 0.717) is 17.6 Å². The number of imidazole rings is 1. The fourth-order valence-electron chi connectivity index (χ4n) is 3.97. The summed E-state index contributed by atoms with van der Waals surface area (Å²) in [4.78, 5) is 16.8. The first-order valence-corrected chi connectivity index (χ1v) is 12.2. The molecule has 5 rings (SSSR count). The Balaban J connectivity index is 1.56. The summed E-state index contributed by atoms with van der Waals surface area (Å²) in [6.45, 7) is 0.318. The Morgan fingerprint density at radius 1 is 0.765 bits per heavy atom. The van der Waals surface area contributed by atoms with Crippen LogP contribution in [0.15, 0.2) is 113 Å². The summed E-state index contributed by atoms with van der Waals surface area (Å²) in [5, 5.41) is 0. The van der Waals surface area contributed by atoms with Crippen LogP contribution in [0.1, 0.15) is 16.2 Å². The summed E-state index contributed by atoms with van der Waals surface area (Å²) in [5.41, 5.74) is 9.74. The second-order valence-electron chi connectivity index (χ2n) is 7.92. The fraction of sp³-hybridized carbons (Fsp3) is 0.0370. The van der Waals surface area contributed by atoms with Crippen molar-refractivity contribution in [3.05, 3.63) is 115 Å². The Morgan fingerprint density at radius 2 is 1.38 bits per heavy atom. The molecule has 34 heavy (non-hydrogen) atoms. The third-order valence-corrected chi connectivity index (χ3v) is 7.47. The number of benzene rings is 4. The number of aromatic nitrogens is 2. The SMILES string of the molecule is NC(=O)c1nc2ccc(S(=O)(=O)c3ccccc3)cc2n1Cc1ccc(-c2ccccc2)cc1. The third kappa shape index (κ3) is 3.97. The van der Waals surface area contributed by atoms with Gasteiger partial charge in [0.05, 0.1) is 20.8 Å². The number of hydrogen-bond donors (Lipinski definition) is 1. The molecule has 4 aromatic carbocycles. The van der Waals surface area contributed by atoms with E-state index in [-0.39, 0.29) is 15.6 Å². The van der Waals surface area contributed by atoms with Crippen molar-refractivity contribution in [3.8, 4) is 11.1 Å². The van der Waals surface area contributed by atoms with Crippen molar-refractivity contribution in [3.63, 3.8) is 0 Å². The Morgan fingerprint density at radius 3 is 2.03 bits per heavy atom. The van der Waals surface area contributed by atoms with Gasteiger partial charge in [0.25, 0.3) is 5.91 Å². The predicted molar refractivity (Wildman–Crippen MR) is 131 cm³/mol. The number of primary amides is 1. The van der Waals surface area contributed by atoms with Gasteiger partial charge in [-0.1, -0.05) is 72.8 Å². The molecule has 0 radical (unpaired) electrons. The standard InChI is InChI=1S/C27H21N3O3S/c28-26(31)27-29-24-16-15-23(34(32,33)22-9-5-2-6-10-22)17-25(24)30(27)18-19-11-13-21(14-12-19)20-7-3-1-4-8-20/h1-17H,18H2,(H2,28,31). The monoisotopic (exact) mass is 467 g/mol. The number of amides is 1. The molecule has 0 saturated carbocycles. The van der Waals surface area contributed by atoms with Crippen LogP contribution in [0, 0.1) is 0 Å². The van der Waals surface area contributed by atoms with Crippen LogP contribution in [0.3, 0.4) is 0 Å². The van der Waals surface area contributed by atoms with Crippen LogP contribution in [0.2, 0.25) is 0 Å². The molecule has 0 aliphatic rings. The van der Waals surface area contributed by atoms with Gasteiger partial charge in [-0.3, -0.25) is 4.79 Å². The quantitative estimate of drug-likeness (QED) is 0.392. The molecule has 6 nitrogen and oxygen atoms in total. The molecule has 2 N–H and O–H groups in total. The largest absolute Gasteiger partial charge is 0.363 e. The highest BCUT2D eigenvalue weighted by atomic mass is 32.2. The molecular formula is C27H21N3O3S. The number of fused-ring (bicyclic) bond motifs is 1. The lowest BCUT2D eigenvalue weighted by Gasteiger charge is -2.10. The number of carbonyl (C=O) groups excluding carboxylic acids is 1. The van der Waals surface area contributed by atoms with Crippen molar-refractivity contribution in [1.82, 2.24) is 9.55 Å². The van der Waals surface area contributed by atoms with Gasteiger partial charge in [-0.05, 0) is 47.0 Å². The predicted octanol–water partition coefficient (Wildman–Crippen LogP) is 4.68. The Hall–Kier alpha value is -4.23. The maximum Gasteiger partial charge on any atom is 0.284 e. The normalized spacial score (nSPS) is 11.5. The second kappa shape index (κ2) is 8.61. The van der Waals surface area contributed by atoms with Crippen molar-refractivity contribution >= 4 is 26.8 Å². The van der Waals surface area contributed by atoms with Gasteiger partial charge in [0.2, 0.25) is 9.84 Å². The molecule has 0 fully saturated rings. The summed E-state index contributed by atoms with van der Waals surface area (Å²) < 4.78 is 27.9. The lowest BCUT2D eigenvalue weighted by molar-refractivity contribution is 0.0987. The Labute approximate surface area is 197 Å². The van der Waals surface area contributed by atoms with Crippen LogP contribution in [-0.4, -0.2) is 23.9 Å². The number of carbonyl (C=O) groups is 1. The fourth-order valence-corrected chi connectivity index (χ4v) is 5.27. The number of nitrogens with zero attached hydrogens (tertiary/aromatic N) is 2. The zero-order valence-electron chi connectivity index (χ0n) is 18.1. The van der Waals surface area contributed by atoms with E-state index in [1.54, 1.807) is 47.0 Å². The van der Waals surface area contributed by atoms with Crippen molar-refractivity contribution in [2.45, 2.75) is 16.3 Å². The average Bonchev–Trinajstić information content (AvgIpc) is 3.23. The van der Waals surface area contributed by atoms with Gasteiger partial charge in [0.15, 0.2) is 5.82 Å². The van der Waals surface area contributed by atoms with E-state index in [9.17, 15) is 13.2 Å². The summed E-state index contributed by atoms with van der Waals surface area (Å²) in [6, 6.07) is 30.9. The van der Waals surface area contributed by atoms with Crippen LogP contribution >= 0.6 is 0 Å². The molecule has 0 unspecified atom stereocenters. The van der Waals surface area contributed by atoms with Gasteiger partial charge in [-0.25, -0.2) is 13.4 Å². The summed E-state index contributed by atoms with van der Waals surface area (Å²) >= 11 is 0. The minimum atomic E-state index is -3.72. The Kier molecular flexibility index (Phi) is 5.47. The molecule has 0 aliphatic carbocycles. The average molecular weight is 468 g/mol. The maximum atomic E-state index is 13.1. The molecule has 0 spiro atoms. The molecule has 0 saturated heterocycles. The van der Waals surface area contributed by atoms with Crippen LogP contribution < -0.4 is 5.73 Å².